The van der Waals surface area contributed by atoms with Crippen molar-refractivity contribution in [3.8, 4) is 0 Å². The molecular formula is C13H25NS. The van der Waals surface area contributed by atoms with E-state index in [9.17, 15) is 0 Å². The van der Waals surface area contributed by atoms with Crippen LogP contribution in [-0.2, 0) is 0 Å². The van der Waals surface area contributed by atoms with Crippen LogP contribution in [0.2, 0.25) is 0 Å². The highest BCUT2D eigenvalue weighted by atomic mass is 32.2. The number of rotatable bonds is 3. The molecule has 1 aliphatic heterocycles. The average molecular weight is 227 g/mol. The highest BCUT2D eigenvalue weighted by molar-refractivity contribution is 7.99. The topological polar surface area (TPSA) is 12.0 Å². The molecule has 0 spiro atoms. The molecule has 1 aliphatic carbocycles. The van der Waals surface area contributed by atoms with Crippen LogP contribution in [0.4, 0.5) is 0 Å². The van der Waals surface area contributed by atoms with Crippen molar-refractivity contribution in [3.63, 3.8) is 0 Å². The van der Waals surface area contributed by atoms with E-state index in [1.807, 2.05) is 0 Å². The molecule has 0 aromatic carbocycles. The SMILES string of the molecule is CC1(C)CCC(NCC2CCSC2)CC1. The van der Waals surface area contributed by atoms with Crippen LogP contribution >= 0.6 is 11.8 Å². The van der Waals surface area contributed by atoms with Crippen molar-refractivity contribution < 1.29 is 0 Å². The zero-order valence-electron chi connectivity index (χ0n) is 10.2. The van der Waals surface area contributed by atoms with Crippen LogP contribution in [0.3, 0.4) is 0 Å². The zero-order valence-corrected chi connectivity index (χ0v) is 11.0. The molecule has 0 aromatic heterocycles. The van der Waals surface area contributed by atoms with Crippen molar-refractivity contribution >= 4 is 11.8 Å². The summed E-state index contributed by atoms with van der Waals surface area (Å²) in [7, 11) is 0. The third-order valence-electron chi connectivity index (χ3n) is 4.06. The van der Waals surface area contributed by atoms with E-state index in [2.05, 4.69) is 30.9 Å². The maximum absolute atomic E-state index is 3.79. The van der Waals surface area contributed by atoms with Crippen molar-refractivity contribution in [3.05, 3.63) is 0 Å². The van der Waals surface area contributed by atoms with Crippen LogP contribution in [0.15, 0.2) is 0 Å². The predicted molar refractivity (Wildman–Crippen MR) is 69.5 cm³/mol. The summed E-state index contributed by atoms with van der Waals surface area (Å²) < 4.78 is 0. The monoisotopic (exact) mass is 227 g/mol. The second kappa shape index (κ2) is 5.09. The summed E-state index contributed by atoms with van der Waals surface area (Å²) in [6.07, 6.45) is 7.05. The molecule has 1 nitrogen and oxygen atoms in total. The van der Waals surface area contributed by atoms with Gasteiger partial charge < -0.3 is 5.32 Å². The summed E-state index contributed by atoms with van der Waals surface area (Å²) in [5.74, 6) is 3.75. The van der Waals surface area contributed by atoms with Crippen molar-refractivity contribution in [1.29, 1.82) is 0 Å². The van der Waals surface area contributed by atoms with Crippen molar-refractivity contribution in [2.24, 2.45) is 11.3 Å². The summed E-state index contributed by atoms with van der Waals surface area (Å²) in [5.41, 5.74) is 0.612. The Morgan fingerprint density at radius 3 is 2.53 bits per heavy atom. The van der Waals surface area contributed by atoms with Crippen LogP contribution in [0.25, 0.3) is 0 Å². The summed E-state index contributed by atoms with van der Waals surface area (Å²) in [6, 6.07) is 0.823. The normalized spacial score (nSPS) is 32.0. The van der Waals surface area contributed by atoms with Crippen LogP contribution in [-0.4, -0.2) is 24.1 Å². The van der Waals surface area contributed by atoms with Gasteiger partial charge in [-0.3, -0.25) is 0 Å². The fourth-order valence-electron chi connectivity index (χ4n) is 2.68. The Balaban J connectivity index is 1.64. The largest absolute Gasteiger partial charge is 0.314 e. The summed E-state index contributed by atoms with van der Waals surface area (Å²) in [6.45, 7) is 6.10. The lowest BCUT2D eigenvalue weighted by Crippen LogP contribution is -2.38. The van der Waals surface area contributed by atoms with E-state index >= 15 is 0 Å². The highest BCUT2D eigenvalue weighted by Crippen LogP contribution is 2.35. The second-order valence-electron chi connectivity index (χ2n) is 6.08. The first kappa shape index (κ1) is 11.8. The molecule has 1 N–H and O–H groups in total. The maximum atomic E-state index is 3.79. The van der Waals surface area contributed by atoms with Gasteiger partial charge in [0, 0.05) is 6.04 Å². The van der Waals surface area contributed by atoms with E-state index in [-0.39, 0.29) is 0 Å². The van der Waals surface area contributed by atoms with Gasteiger partial charge in [-0.05, 0) is 61.5 Å². The van der Waals surface area contributed by atoms with Gasteiger partial charge in [-0.15, -0.1) is 0 Å². The molecule has 1 unspecified atom stereocenters. The maximum Gasteiger partial charge on any atom is 0.00675 e. The molecule has 88 valence electrons. The van der Waals surface area contributed by atoms with Crippen LogP contribution in [0.1, 0.15) is 46.0 Å². The second-order valence-corrected chi connectivity index (χ2v) is 7.23. The molecule has 2 heteroatoms. The lowest BCUT2D eigenvalue weighted by atomic mass is 9.75. The van der Waals surface area contributed by atoms with Gasteiger partial charge in [0.2, 0.25) is 0 Å². The molecule has 0 radical (unpaired) electrons. The Labute approximate surface area is 98.8 Å². The molecule has 1 saturated carbocycles. The fraction of sp³-hybridized carbons (Fsp3) is 1.00. The first-order valence-corrected chi connectivity index (χ1v) is 7.62. The Hall–Kier alpha value is 0.310. The molecule has 1 saturated heterocycles. The van der Waals surface area contributed by atoms with Gasteiger partial charge in [-0.2, -0.15) is 11.8 Å². The minimum atomic E-state index is 0.612. The van der Waals surface area contributed by atoms with Crippen LogP contribution < -0.4 is 5.32 Å². The quantitative estimate of drug-likeness (QED) is 0.794. The van der Waals surface area contributed by atoms with Gasteiger partial charge in [-0.25, -0.2) is 0 Å². The molecule has 15 heavy (non-hydrogen) atoms. The van der Waals surface area contributed by atoms with Crippen LogP contribution in [0, 0.1) is 11.3 Å². The Kier molecular flexibility index (Phi) is 4.00. The number of nitrogens with one attached hydrogen (secondary N) is 1. The van der Waals surface area contributed by atoms with Crippen molar-refractivity contribution in [2.75, 3.05) is 18.1 Å². The fourth-order valence-corrected chi connectivity index (χ4v) is 3.97. The number of hydrogen-bond donors (Lipinski definition) is 1. The van der Waals surface area contributed by atoms with E-state index in [4.69, 9.17) is 0 Å². The Morgan fingerprint density at radius 1 is 1.20 bits per heavy atom. The molecule has 2 fully saturated rings. The molecular weight excluding hydrogens is 202 g/mol. The van der Waals surface area contributed by atoms with Gasteiger partial charge in [0.15, 0.2) is 0 Å². The minimum Gasteiger partial charge on any atom is -0.314 e. The van der Waals surface area contributed by atoms with E-state index < -0.39 is 0 Å². The molecule has 0 bridgehead atoms. The lowest BCUT2D eigenvalue weighted by molar-refractivity contribution is 0.204. The zero-order chi connectivity index (χ0) is 10.7. The molecule has 0 aromatic rings. The van der Waals surface area contributed by atoms with Crippen LogP contribution in [0.5, 0.6) is 0 Å². The first-order chi connectivity index (χ1) is 7.16. The molecule has 0 amide bonds. The van der Waals surface area contributed by atoms with Gasteiger partial charge in [0.1, 0.15) is 0 Å². The van der Waals surface area contributed by atoms with Gasteiger partial charge >= 0.3 is 0 Å². The molecule has 1 atom stereocenters. The lowest BCUT2D eigenvalue weighted by Gasteiger charge is -2.35. The molecule has 2 rings (SSSR count). The van der Waals surface area contributed by atoms with E-state index in [1.54, 1.807) is 0 Å². The third-order valence-corrected chi connectivity index (χ3v) is 5.29. The minimum absolute atomic E-state index is 0.612. The molecule has 2 aliphatic rings. The van der Waals surface area contributed by atoms with E-state index in [1.165, 1.54) is 50.2 Å². The van der Waals surface area contributed by atoms with Gasteiger partial charge in [-0.1, -0.05) is 13.8 Å². The average Bonchev–Trinajstić information content (AvgIpc) is 2.69. The standard InChI is InChI=1S/C13H25NS/c1-13(2)6-3-12(4-7-13)14-9-11-5-8-15-10-11/h11-12,14H,3-10H2,1-2H3. The number of hydrogen-bond acceptors (Lipinski definition) is 2. The molecule has 1 heterocycles. The first-order valence-electron chi connectivity index (χ1n) is 6.47. The summed E-state index contributed by atoms with van der Waals surface area (Å²) in [5, 5.41) is 3.79. The van der Waals surface area contributed by atoms with Gasteiger partial charge in [0.25, 0.3) is 0 Å². The van der Waals surface area contributed by atoms with Crippen molar-refractivity contribution in [2.45, 2.75) is 52.0 Å². The Bertz CT molecular complexity index is 187. The highest BCUT2D eigenvalue weighted by Gasteiger charge is 2.27. The third kappa shape index (κ3) is 3.67. The van der Waals surface area contributed by atoms with E-state index in [0.29, 0.717) is 5.41 Å². The smallest absolute Gasteiger partial charge is 0.00675 e. The Morgan fingerprint density at radius 2 is 1.93 bits per heavy atom. The number of thioether (sulfide) groups is 1. The van der Waals surface area contributed by atoms with E-state index in [0.717, 1.165) is 12.0 Å². The predicted octanol–water partition coefficient (Wildman–Crippen LogP) is 3.30. The summed E-state index contributed by atoms with van der Waals surface area (Å²) in [4.78, 5) is 0. The van der Waals surface area contributed by atoms with Gasteiger partial charge in [0.05, 0.1) is 0 Å². The van der Waals surface area contributed by atoms with Crippen molar-refractivity contribution in [1.82, 2.24) is 5.32 Å². The summed E-state index contributed by atoms with van der Waals surface area (Å²) >= 11 is 2.13.